The van der Waals surface area contributed by atoms with E-state index in [2.05, 4.69) is 39.7 Å². The molecular formula is C14H18N4O. The first-order valence-electron chi connectivity index (χ1n) is 6.55. The second kappa shape index (κ2) is 5.97. The Hall–Kier alpha value is -1.69. The lowest BCUT2D eigenvalue weighted by Crippen LogP contribution is -2.45. The van der Waals surface area contributed by atoms with Gasteiger partial charge in [-0.25, -0.2) is 9.99 Å². The van der Waals surface area contributed by atoms with E-state index in [4.69, 9.17) is 4.74 Å². The molecule has 0 unspecified atom stereocenters. The van der Waals surface area contributed by atoms with Crippen molar-refractivity contribution in [2.75, 3.05) is 26.3 Å². The first-order chi connectivity index (χ1) is 9.42. The van der Waals surface area contributed by atoms with Gasteiger partial charge in [0.2, 0.25) is 0 Å². The highest BCUT2D eigenvalue weighted by Crippen LogP contribution is 2.09. The molecule has 0 saturated carbocycles. The maximum atomic E-state index is 5.32. The van der Waals surface area contributed by atoms with Crippen LogP contribution in [-0.4, -0.2) is 40.9 Å². The Morgan fingerprint density at radius 2 is 1.95 bits per heavy atom. The van der Waals surface area contributed by atoms with Crippen molar-refractivity contribution in [3.05, 3.63) is 48.5 Å². The van der Waals surface area contributed by atoms with E-state index in [9.17, 15) is 0 Å². The molecule has 0 radical (unpaired) electrons. The number of imidazole rings is 1. The van der Waals surface area contributed by atoms with Crippen molar-refractivity contribution >= 4 is 0 Å². The Kier molecular flexibility index (Phi) is 3.88. The van der Waals surface area contributed by atoms with Gasteiger partial charge in [-0.2, -0.15) is 0 Å². The summed E-state index contributed by atoms with van der Waals surface area (Å²) in [5.74, 6) is 0. The highest BCUT2D eigenvalue weighted by Gasteiger charge is 2.09. The van der Waals surface area contributed by atoms with Crippen LogP contribution in [0.2, 0.25) is 0 Å². The minimum atomic E-state index is 0.812. The van der Waals surface area contributed by atoms with Gasteiger partial charge in [0, 0.05) is 37.7 Å². The van der Waals surface area contributed by atoms with E-state index >= 15 is 0 Å². The van der Waals surface area contributed by atoms with E-state index in [1.807, 2.05) is 10.8 Å². The van der Waals surface area contributed by atoms with Crippen molar-refractivity contribution in [1.82, 2.24) is 20.0 Å². The summed E-state index contributed by atoms with van der Waals surface area (Å²) in [5, 5.41) is 2.22. The van der Waals surface area contributed by atoms with Crippen LogP contribution in [0.5, 0.6) is 0 Å². The molecular weight excluding hydrogens is 240 g/mol. The molecule has 2 heterocycles. The van der Waals surface area contributed by atoms with Gasteiger partial charge in [-0.05, 0) is 17.7 Å². The van der Waals surface area contributed by atoms with Crippen LogP contribution in [-0.2, 0) is 11.3 Å². The quantitative estimate of drug-likeness (QED) is 0.895. The summed E-state index contributed by atoms with van der Waals surface area (Å²) in [6.07, 6.45) is 5.54. The van der Waals surface area contributed by atoms with Crippen molar-refractivity contribution in [2.45, 2.75) is 6.54 Å². The highest BCUT2D eigenvalue weighted by molar-refractivity contribution is 5.34. The lowest BCUT2D eigenvalue weighted by atomic mass is 10.2. The molecule has 0 atom stereocenters. The number of nitrogens with one attached hydrogen (secondary N) is 1. The van der Waals surface area contributed by atoms with Gasteiger partial charge >= 0.3 is 0 Å². The van der Waals surface area contributed by atoms with Crippen LogP contribution in [0.15, 0.2) is 43.0 Å². The number of hydrogen-bond acceptors (Lipinski definition) is 4. The second-order valence-corrected chi connectivity index (χ2v) is 4.57. The third kappa shape index (κ3) is 3.20. The van der Waals surface area contributed by atoms with E-state index in [0.717, 1.165) is 38.5 Å². The van der Waals surface area contributed by atoms with Crippen LogP contribution in [0.1, 0.15) is 5.56 Å². The summed E-state index contributed by atoms with van der Waals surface area (Å²) in [4.78, 5) is 4.05. The van der Waals surface area contributed by atoms with Crippen molar-refractivity contribution in [1.29, 1.82) is 0 Å². The minimum Gasteiger partial charge on any atom is -0.379 e. The number of hydrogen-bond donors (Lipinski definition) is 1. The second-order valence-electron chi connectivity index (χ2n) is 4.57. The Morgan fingerprint density at radius 1 is 1.16 bits per heavy atom. The molecule has 100 valence electrons. The van der Waals surface area contributed by atoms with E-state index in [1.54, 1.807) is 12.5 Å². The molecule has 3 rings (SSSR count). The maximum absolute atomic E-state index is 5.32. The van der Waals surface area contributed by atoms with Gasteiger partial charge < -0.3 is 9.30 Å². The lowest BCUT2D eigenvalue weighted by molar-refractivity contribution is 0.0106. The zero-order valence-electron chi connectivity index (χ0n) is 10.8. The number of nitrogens with zero attached hydrogens (tertiary/aromatic N) is 3. The Bertz CT molecular complexity index is 489. The van der Waals surface area contributed by atoms with Gasteiger partial charge in [0.15, 0.2) is 0 Å². The standard InChI is InChI=1S/C14H18N4O/c1-3-14(17-6-5-15-12-17)4-2-13(1)11-16-18-7-9-19-10-8-18/h1-6,12,16H,7-11H2. The molecule has 1 aromatic heterocycles. The third-order valence-electron chi connectivity index (χ3n) is 3.26. The molecule has 1 fully saturated rings. The van der Waals surface area contributed by atoms with E-state index in [0.29, 0.717) is 0 Å². The maximum Gasteiger partial charge on any atom is 0.0991 e. The molecule has 1 saturated heterocycles. The fourth-order valence-corrected chi connectivity index (χ4v) is 2.12. The minimum absolute atomic E-state index is 0.812. The average Bonchev–Trinajstić information content (AvgIpc) is 3.01. The number of morpholine rings is 1. The molecule has 2 aromatic rings. The van der Waals surface area contributed by atoms with Crippen LogP contribution < -0.4 is 5.43 Å². The van der Waals surface area contributed by atoms with Crippen LogP contribution in [0.25, 0.3) is 5.69 Å². The van der Waals surface area contributed by atoms with Crippen molar-refractivity contribution in [2.24, 2.45) is 0 Å². The monoisotopic (exact) mass is 258 g/mol. The molecule has 1 aromatic carbocycles. The van der Waals surface area contributed by atoms with Crippen LogP contribution in [0, 0.1) is 0 Å². The summed E-state index contributed by atoms with van der Waals surface area (Å²) in [5.41, 5.74) is 5.83. The molecule has 0 amide bonds. The number of aromatic nitrogens is 2. The summed E-state index contributed by atoms with van der Waals surface area (Å²) < 4.78 is 7.32. The smallest absolute Gasteiger partial charge is 0.0991 e. The summed E-state index contributed by atoms with van der Waals surface area (Å²) >= 11 is 0. The van der Waals surface area contributed by atoms with Crippen LogP contribution in [0.4, 0.5) is 0 Å². The van der Waals surface area contributed by atoms with Gasteiger partial charge in [0.05, 0.1) is 19.5 Å². The van der Waals surface area contributed by atoms with Crippen molar-refractivity contribution < 1.29 is 4.74 Å². The summed E-state index contributed by atoms with van der Waals surface area (Å²) in [7, 11) is 0. The first kappa shape index (κ1) is 12.3. The predicted octanol–water partition coefficient (Wildman–Crippen LogP) is 1.21. The van der Waals surface area contributed by atoms with Gasteiger partial charge in [-0.1, -0.05) is 12.1 Å². The van der Waals surface area contributed by atoms with Crippen molar-refractivity contribution in [3.63, 3.8) is 0 Å². The van der Waals surface area contributed by atoms with Gasteiger partial charge in [-0.15, -0.1) is 0 Å². The Morgan fingerprint density at radius 3 is 2.63 bits per heavy atom. The van der Waals surface area contributed by atoms with E-state index < -0.39 is 0 Å². The van der Waals surface area contributed by atoms with Gasteiger partial charge in [0.1, 0.15) is 0 Å². The molecule has 0 aliphatic carbocycles. The van der Waals surface area contributed by atoms with Crippen molar-refractivity contribution in [3.8, 4) is 5.69 Å². The molecule has 19 heavy (non-hydrogen) atoms. The summed E-state index contributed by atoms with van der Waals surface area (Å²) in [6.45, 7) is 4.38. The third-order valence-corrected chi connectivity index (χ3v) is 3.26. The topological polar surface area (TPSA) is 42.3 Å². The normalized spacial score (nSPS) is 16.6. The molecule has 0 bridgehead atoms. The largest absolute Gasteiger partial charge is 0.379 e. The molecule has 5 nitrogen and oxygen atoms in total. The van der Waals surface area contributed by atoms with E-state index in [-0.39, 0.29) is 0 Å². The zero-order valence-corrected chi connectivity index (χ0v) is 10.8. The molecule has 1 aliphatic rings. The molecule has 1 N–H and O–H groups in total. The molecule has 0 spiro atoms. The number of rotatable bonds is 4. The SMILES string of the molecule is c1cn(-c2ccc(CNN3CCOCC3)cc2)cn1. The summed E-state index contributed by atoms with van der Waals surface area (Å²) in [6, 6.07) is 8.50. The molecule has 5 heteroatoms. The fraction of sp³-hybridized carbons (Fsp3) is 0.357. The number of benzene rings is 1. The lowest BCUT2D eigenvalue weighted by Gasteiger charge is -2.27. The highest BCUT2D eigenvalue weighted by atomic mass is 16.5. The van der Waals surface area contributed by atoms with Gasteiger partial charge in [0.25, 0.3) is 0 Å². The zero-order chi connectivity index (χ0) is 12.9. The number of ether oxygens (including phenoxy) is 1. The van der Waals surface area contributed by atoms with E-state index in [1.165, 1.54) is 5.56 Å². The molecule has 1 aliphatic heterocycles. The average molecular weight is 258 g/mol. The van der Waals surface area contributed by atoms with Gasteiger partial charge in [-0.3, -0.25) is 5.43 Å². The number of hydrazine groups is 1. The first-order valence-corrected chi connectivity index (χ1v) is 6.55. The van der Waals surface area contributed by atoms with Crippen LogP contribution in [0.3, 0.4) is 0 Å². The van der Waals surface area contributed by atoms with Crippen LogP contribution >= 0.6 is 0 Å². The Labute approximate surface area is 112 Å². The fourth-order valence-electron chi connectivity index (χ4n) is 2.12. The Balaban J connectivity index is 1.57. The predicted molar refractivity (Wildman–Crippen MR) is 72.8 cm³/mol.